The minimum atomic E-state index is -0.557. The number of H-pyrrole nitrogens is 1. The number of ether oxygens (including phenoxy) is 1. The molecule has 28 heavy (non-hydrogen) atoms. The van der Waals surface area contributed by atoms with E-state index in [2.05, 4.69) is 20.2 Å². The summed E-state index contributed by atoms with van der Waals surface area (Å²) >= 11 is 0. The first kappa shape index (κ1) is 20.4. The fourth-order valence-electron chi connectivity index (χ4n) is 3.30. The van der Waals surface area contributed by atoms with Gasteiger partial charge in [-0.2, -0.15) is 0 Å². The standard InChI is InChI=1S/C20H29N5O3/c1-3-20(21,4-2)13-22-19(27)16-11-25(9-10-28-16)12-17-23-15-8-6-5-7-14(15)18(26)24-17/h5-8,16H,3-4,9-13,21H2,1-2H3,(H,22,27)(H,23,24,26). The lowest BCUT2D eigenvalue weighted by Gasteiger charge is -2.33. The van der Waals surface area contributed by atoms with Crippen LogP contribution in [0, 0.1) is 0 Å². The first-order chi connectivity index (χ1) is 13.4. The van der Waals surface area contributed by atoms with Gasteiger partial charge in [-0.05, 0) is 25.0 Å². The number of amides is 1. The van der Waals surface area contributed by atoms with Crippen LogP contribution in [0.4, 0.5) is 0 Å². The number of nitrogens with one attached hydrogen (secondary N) is 2. The molecule has 0 aliphatic carbocycles. The molecule has 0 saturated carbocycles. The molecule has 0 spiro atoms. The van der Waals surface area contributed by atoms with Gasteiger partial charge in [0.05, 0.1) is 24.1 Å². The van der Waals surface area contributed by atoms with Gasteiger partial charge in [-0.15, -0.1) is 0 Å². The molecule has 0 bridgehead atoms. The molecule has 1 aromatic carbocycles. The first-order valence-electron chi connectivity index (χ1n) is 9.82. The summed E-state index contributed by atoms with van der Waals surface area (Å²) in [4.78, 5) is 34.2. The van der Waals surface area contributed by atoms with Crippen molar-refractivity contribution in [3.05, 3.63) is 40.4 Å². The highest BCUT2D eigenvalue weighted by molar-refractivity contribution is 5.81. The molecule has 0 radical (unpaired) electrons. The van der Waals surface area contributed by atoms with Gasteiger partial charge in [-0.3, -0.25) is 14.5 Å². The molecule has 1 aliphatic heterocycles. The van der Waals surface area contributed by atoms with Gasteiger partial charge >= 0.3 is 0 Å². The van der Waals surface area contributed by atoms with Crippen molar-refractivity contribution in [3.63, 3.8) is 0 Å². The second-order valence-electron chi connectivity index (χ2n) is 7.41. The number of aromatic nitrogens is 2. The number of hydrogen-bond acceptors (Lipinski definition) is 6. The van der Waals surface area contributed by atoms with Crippen LogP contribution in [0.25, 0.3) is 10.9 Å². The Balaban J connectivity index is 1.62. The lowest BCUT2D eigenvalue weighted by Crippen LogP contribution is -2.54. The minimum absolute atomic E-state index is 0.151. The Morgan fingerprint density at radius 1 is 1.39 bits per heavy atom. The molecule has 1 atom stereocenters. The van der Waals surface area contributed by atoms with Crippen molar-refractivity contribution in [1.29, 1.82) is 0 Å². The maximum absolute atomic E-state index is 12.5. The third-order valence-corrected chi connectivity index (χ3v) is 5.50. The zero-order valence-corrected chi connectivity index (χ0v) is 16.5. The highest BCUT2D eigenvalue weighted by atomic mass is 16.5. The van der Waals surface area contributed by atoms with Gasteiger partial charge < -0.3 is 20.8 Å². The van der Waals surface area contributed by atoms with E-state index in [9.17, 15) is 9.59 Å². The van der Waals surface area contributed by atoms with Crippen LogP contribution in [0.3, 0.4) is 0 Å². The van der Waals surface area contributed by atoms with Crippen LogP contribution in [0.15, 0.2) is 29.1 Å². The molecular weight excluding hydrogens is 358 g/mol. The van der Waals surface area contributed by atoms with Gasteiger partial charge in [0.15, 0.2) is 0 Å². The Bertz CT molecular complexity index is 878. The monoisotopic (exact) mass is 387 g/mol. The molecule has 8 nitrogen and oxygen atoms in total. The molecular formula is C20H29N5O3. The van der Waals surface area contributed by atoms with E-state index in [1.807, 2.05) is 32.0 Å². The number of rotatable bonds is 7. The summed E-state index contributed by atoms with van der Waals surface area (Å²) in [6, 6.07) is 7.25. The van der Waals surface area contributed by atoms with Crippen LogP contribution >= 0.6 is 0 Å². The number of carbonyl (C=O) groups excluding carboxylic acids is 1. The molecule has 1 aromatic heterocycles. The topological polar surface area (TPSA) is 113 Å². The number of carbonyl (C=O) groups is 1. The summed E-state index contributed by atoms with van der Waals surface area (Å²) in [5.74, 6) is 0.434. The predicted octanol–water partition coefficient (Wildman–Crippen LogP) is 0.758. The van der Waals surface area contributed by atoms with Crippen LogP contribution in [-0.4, -0.2) is 58.7 Å². The molecule has 1 aliphatic rings. The number of para-hydroxylation sites is 1. The molecule has 152 valence electrons. The van der Waals surface area contributed by atoms with Crippen molar-refractivity contribution in [3.8, 4) is 0 Å². The number of nitrogens with two attached hydrogens (primary N) is 1. The Kier molecular flexibility index (Phi) is 6.43. The fraction of sp³-hybridized carbons (Fsp3) is 0.550. The van der Waals surface area contributed by atoms with Crippen LogP contribution < -0.4 is 16.6 Å². The second kappa shape index (κ2) is 8.81. The second-order valence-corrected chi connectivity index (χ2v) is 7.41. The lowest BCUT2D eigenvalue weighted by atomic mass is 9.94. The zero-order chi connectivity index (χ0) is 20.1. The van der Waals surface area contributed by atoms with E-state index >= 15 is 0 Å². The van der Waals surface area contributed by atoms with Crippen LogP contribution in [-0.2, 0) is 16.1 Å². The van der Waals surface area contributed by atoms with Gasteiger partial charge in [0, 0.05) is 25.2 Å². The van der Waals surface area contributed by atoms with Gasteiger partial charge in [0.25, 0.3) is 11.5 Å². The summed E-state index contributed by atoms with van der Waals surface area (Å²) < 4.78 is 5.65. The summed E-state index contributed by atoms with van der Waals surface area (Å²) in [6.07, 6.45) is 1.03. The van der Waals surface area contributed by atoms with E-state index in [1.54, 1.807) is 6.07 Å². The molecule has 4 N–H and O–H groups in total. The molecule has 1 saturated heterocycles. The highest BCUT2D eigenvalue weighted by Crippen LogP contribution is 2.12. The van der Waals surface area contributed by atoms with Crippen molar-refractivity contribution < 1.29 is 9.53 Å². The van der Waals surface area contributed by atoms with E-state index in [4.69, 9.17) is 10.5 Å². The molecule has 1 fully saturated rings. The van der Waals surface area contributed by atoms with Crippen LogP contribution in [0.2, 0.25) is 0 Å². The maximum atomic E-state index is 12.5. The highest BCUT2D eigenvalue weighted by Gasteiger charge is 2.29. The molecule has 8 heteroatoms. The molecule has 2 aromatic rings. The zero-order valence-electron chi connectivity index (χ0n) is 16.5. The van der Waals surface area contributed by atoms with E-state index in [1.165, 1.54) is 0 Å². The number of benzene rings is 1. The quantitative estimate of drug-likeness (QED) is 0.646. The van der Waals surface area contributed by atoms with Gasteiger partial charge in [-0.1, -0.05) is 26.0 Å². The molecule has 2 heterocycles. The summed E-state index contributed by atoms with van der Waals surface area (Å²) in [7, 11) is 0. The van der Waals surface area contributed by atoms with Crippen molar-refractivity contribution in [2.75, 3.05) is 26.2 Å². The molecule has 1 unspecified atom stereocenters. The summed E-state index contributed by atoms with van der Waals surface area (Å²) in [5.41, 5.74) is 6.38. The normalized spacial score (nSPS) is 18.3. The van der Waals surface area contributed by atoms with Gasteiger partial charge in [-0.25, -0.2) is 4.98 Å². The van der Waals surface area contributed by atoms with Crippen molar-refractivity contribution in [1.82, 2.24) is 20.2 Å². The van der Waals surface area contributed by atoms with E-state index < -0.39 is 11.6 Å². The first-order valence-corrected chi connectivity index (χ1v) is 9.82. The molecule has 1 amide bonds. The van der Waals surface area contributed by atoms with Crippen molar-refractivity contribution in [2.24, 2.45) is 5.73 Å². The van der Waals surface area contributed by atoms with Gasteiger partial charge in [0.1, 0.15) is 11.9 Å². The Hall–Kier alpha value is -2.29. The van der Waals surface area contributed by atoms with Crippen LogP contribution in [0.5, 0.6) is 0 Å². The van der Waals surface area contributed by atoms with Crippen molar-refractivity contribution in [2.45, 2.75) is 44.9 Å². The largest absolute Gasteiger partial charge is 0.366 e. The maximum Gasteiger partial charge on any atom is 0.258 e. The van der Waals surface area contributed by atoms with Gasteiger partial charge in [0.2, 0.25) is 0 Å². The number of hydrogen-bond donors (Lipinski definition) is 3. The Morgan fingerprint density at radius 3 is 2.89 bits per heavy atom. The lowest BCUT2D eigenvalue weighted by molar-refractivity contribution is -0.139. The third kappa shape index (κ3) is 4.76. The smallest absolute Gasteiger partial charge is 0.258 e. The SMILES string of the molecule is CCC(N)(CC)CNC(=O)C1CN(Cc2nc3ccccc3c(=O)[nH]2)CCO1. The Labute approximate surface area is 164 Å². The fourth-order valence-corrected chi connectivity index (χ4v) is 3.30. The summed E-state index contributed by atoms with van der Waals surface area (Å²) in [6.45, 7) is 6.49. The minimum Gasteiger partial charge on any atom is -0.366 e. The number of nitrogens with zero attached hydrogens (tertiary/aromatic N) is 2. The number of aromatic amines is 1. The summed E-state index contributed by atoms with van der Waals surface area (Å²) in [5, 5.41) is 3.50. The van der Waals surface area contributed by atoms with E-state index in [-0.39, 0.29) is 11.5 Å². The average molecular weight is 387 g/mol. The average Bonchev–Trinajstić information content (AvgIpc) is 2.72. The number of fused-ring (bicyclic) bond motifs is 1. The van der Waals surface area contributed by atoms with E-state index in [0.717, 1.165) is 12.8 Å². The van der Waals surface area contributed by atoms with E-state index in [0.29, 0.717) is 49.5 Å². The Morgan fingerprint density at radius 2 is 2.14 bits per heavy atom. The predicted molar refractivity (Wildman–Crippen MR) is 108 cm³/mol. The van der Waals surface area contributed by atoms with Crippen LogP contribution in [0.1, 0.15) is 32.5 Å². The third-order valence-electron chi connectivity index (χ3n) is 5.50. The number of morpholine rings is 1. The molecule has 3 rings (SSSR count). The van der Waals surface area contributed by atoms with Crippen molar-refractivity contribution >= 4 is 16.8 Å².